The molecule has 1 fully saturated rings. The van der Waals surface area contributed by atoms with E-state index in [1.807, 2.05) is 0 Å². The summed E-state index contributed by atoms with van der Waals surface area (Å²) < 4.78 is 16.2. The largest absolute Gasteiger partial charge is 0.469 e. The van der Waals surface area contributed by atoms with Crippen molar-refractivity contribution in [3.05, 3.63) is 48.3 Å². The number of carbonyl (C=O) groups excluding carboxylic acids is 1. The minimum Gasteiger partial charge on any atom is -0.469 e. The topological polar surface area (TPSA) is 48.0 Å². The lowest BCUT2D eigenvalue weighted by atomic mass is 9.82. The second kappa shape index (κ2) is 9.08. The Morgan fingerprint density at radius 3 is 2.88 bits per heavy atom. The molecule has 3 aliphatic rings. The molecule has 142 valence electrons. The lowest BCUT2D eigenvalue weighted by Gasteiger charge is -2.41. The van der Waals surface area contributed by atoms with E-state index in [1.54, 1.807) is 12.5 Å². The van der Waals surface area contributed by atoms with Crippen molar-refractivity contribution in [2.45, 2.75) is 57.0 Å². The maximum absolute atomic E-state index is 12.3. The molecule has 0 spiro atoms. The van der Waals surface area contributed by atoms with Crippen LogP contribution in [0.3, 0.4) is 0 Å². The Balaban J connectivity index is 1.81. The zero-order valence-corrected chi connectivity index (χ0v) is 15.7. The average Bonchev–Trinajstić information content (AvgIpc) is 2.72. The highest BCUT2D eigenvalue weighted by Gasteiger charge is 2.38. The highest BCUT2D eigenvalue weighted by molar-refractivity contribution is 5.73. The summed E-state index contributed by atoms with van der Waals surface area (Å²) in [7, 11) is 3.58. The molecule has 0 bridgehead atoms. The van der Waals surface area contributed by atoms with E-state index in [0.29, 0.717) is 0 Å². The summed E-state index contributed by atoms with van der Waals surface area (Å²) in [4.78, 5) is 14.6. The monoisotopic (exact) mass is 359 g/mol. The van der Waals surface area contributed by atoms with Gasteiger partial charge < -0.3 is 14.2 Å². The maximum Gasteiger partial charge on any atom is 0.310 e. The fraction of sp³-hybridized carbons (Fsp3) is 0.571. The van der Waals surface area contributed by atoms with Gasteiger partial charge in [0.05, 0.1) is 19.1 Å². The fourth-order valence-corrected chi connectivity index (χ4v) is 4.20. The predicted molar refractivity (Wildman–Crippen MR) is 99.8 cm³/mol. The molecular weight excluding hydrogens is 330 g/mol. The van der Waals surface area contributed by atoms with E-state index in [9.17, 15) is 4.79 Å². The van der Waals surface area contributed by atoms with Gasteiger partial charge in [0.25, 0.3) is 0 Å². The Hall–Kier alpha value is -2.01. The third kappa shape index (κ3) is 4.39. The van der Waals surface area contributed by atoms with Crippen LogP contribution in [0.15, 0.2) is 48.3 Å². The van der Waals surface area contributed by atoms with E-state index in [4.69, 9.17) is 14.2 Å². The number of hydrogen-bond donors (Lipinski definition) is 0. The first-order chi connectivity index (χ1) is 12.7. The van der Waals surface area contributed by atoms with Crippen LogP contribution in [0.4, 0.5) is 0 Å². The van der Waals surface area contributed by atoms with Gasteiger partial charge in [0.2, 0.25) is 0 Å². The van der Waals surface area contributed by atoms with Gasteiger partial charge >= 0.3 is 5.97 Å². The second-order valence-electron chi connectivity index (χ2n) is 7.20. The molecule has 0 aromatic carbocycles. The van der Waals surface area contributed by atoms with Crippen molar-refractivity contribution in [2.75, 3.05) is 14.2 Å². The summed E-state index contributed by atoms with van der Waals surface area (Å²) in [6.45, 7) is 0. The minimum atomic E-state index is -0.102. The van der Waals surface area contributed by atoms with E-state index in [2.05, 4.69) is 30.2 Å². The zero-order valence-electron chi connectivity index (χ0n) is 15.7. The van der Waals surface area contributed by atoms with Gasteiger partial charge in [-0.15, -0.1) is 0 Å². The number of esters is 1. The molecule has 3 rings (SSSR count). The van der Waals surface area contributed by atoms with Crippen molar-refractivity contribution in [1.82, 2.24) is 4.90 Å². The Morgan fingerprint density at radius 1 is 1.35 bits per heavy atom. The van der Waals surface area contributed by atoms with Crippen LogP contribution in [0.1, 0.15) is 44.9 Å². The molecule has 2 aliphatic carbocycles. The molecule has 0 aromatic rings. The molecule has 5 heteroatoms. The molecule has 5 nitrogen and oxygen atoms in total. The number of rotatable bonds is 6. The lowest BCUT2D eigenvalue weighted by Crippen LogP contribution is -2.49. The Bertz CT molecular complexity index is 620. The van der Waals surface area contributed by atoms with Crippen LogP contribution in [-0.2, 0) is 19.0 Å². The van der Waals surface area contributed by atoms with E-state index in [-0.39, 0.29) is 24.0 Å². The molecule has 3 unspecified atom stereocenters. The number of nitrogens with zero attached hydrogens (tertiary/aromatic N) is 1. The van der Waals surface area contributed by atoms with Gasteiger partial charge in [-0.3, -0.25) is 9.69 Å². The summed E-state index contributed by atoms with van der Waals surface area (Å²) in [5.41, 5.74) is 1.40. The molecule has 3 atom stereocenters. The lowest BCUT2D eigenvalue weighted by molar-refractivity contribution is -0.149. The van der Waals surface area contributed by atoms with Crippen LogP contribution in [0.25, 0.3) is 0 Å². The highest BCUT2D eigenvalue weighted by Crippen LogP contribution is 2.34. The summed E-state index contributed by atoms with van der Waals surface area (Å²) in [6.07, 6.45) is 18.4. The number of ether oxygens (including phenoxy) is 3. The van der Waals surface area contributed by atoms with Crippen molar-refractivity contribution in [3.8, 4) is 0 Å². The van der Waals surface area contributed by atoms with Gasteiger partial charge in [-0.05, 0) is 39.2 Å². The van der Waals surface area contributed by atoms with Crippen LogP contribution in [0.2, 0.25) is 0 Å². The SMILES string of the molecule is COC(=O)C1CCCCC1N(C)C(CC1=CC=CCC1)C1=COC=CO1. The zero-order chi connectivity index (χ0) is 18.4. The number of carbonyl (C=O) groups is 1. The molecule has 0 amide bonds. The molecular formula is C21H29NO4. The van der Waals surface area contributed by atoms with Crippen molar-refractivity contribution < 1.29 is 19.0 Å². The Kier molecular flexibility index (Phi) is 6.56. The molecule has 1 saturated carbocycles. The third-order valence-corrected chi connectivity index (χ3v) is 5.65. The first kappa shape index (κ1) is 18.8. The highest BCUT2D eigenvalue weighted by atomic mass is 16.5. The van der Waals surface area contributed by atoms with Crippen molar-refractivity contribution in [2.24, 2.45) is 5.92 Å². The number of allylic oxidation sites excluding steroid dienone is 3. The normalized spacial score (nSPS) is 26.4. The fourth-order valence-electron chi connectivity index (χ4n) is 4.20. The molecule has 0 aromatic heterocycles. The van der Waals surface area contributed by atoms with E-state index in [0.717, 1.165) is 50.7 Å². The first-order valence-electron chi connectivity index (χ1n) is 9.52. The molecule has 0 radical (unpaired) electrons. The van der Waals surface area contributed by atoms with Crippen LogP contribution in [-0.4, -0.2) is 37.1 Å². The van der Waals surface area contributed by atoms with Crippen LogP contribution >= 0.6 is 0 Å². The van der Waals surface area contributed by atoms with Crippen LogP contribution < -0.4 is 0 Å². The van der Waals surface area contributed by atoms with Gasteiger partial charge in [0.15, 0.2) is 5.76 Å². The standard InChI is InChI=1S/C21H29NO4/c1-22(18-11-7-6-10-17(18)21(23)24-2)19(20-15-25-12-13-26-20)14-16-8-4-3-5-9-16/h3-4,8,12-13,15,17-19H,5-7,9-11,14H2,1-2H3. The van der Waals surface area contributed by atoms with E-state index < -0.39 is 0 Å². The van der Waals surface area contributed by atoms with Gasteiger partial charge in [-0.1, -0.05) is 36.6 Å². The predicted octanol–water partition coefficient (Wildman–Crippen LogP) is 4.04. The molecule has 1 aliphatic heterocycles. The van der Waals surface area contributed by atoms with E-state index in [1.165, 1.54) is 18.9 Å². The number of likely N-dealkylation sites (N-methyl/N-ethyl adjacent to an activating group) is 1. The van der Waals surface area contributed by atoms with Gasteiger partial charge in [-0.25, -0.2) is 0 Å². The Labute approximate surface area is 156 Å². The van der Waals surface area contributed by atoms with Gasteiger partial charge in [0, 0.05) is 6.04 Å². The molecule has 0 N–H and O–H groups in total. The molecule has 26 heavy (non-hydrogen) atoms. The van der Waals surface area contributed by atoms with Crippen molar-refractivity contribution in [3.63, 3.8) is 0 Å². The summed E-state index contributed by atoms with van der Waals surface area (Å²) in [5, 5.41) is 0. The van der Waals surface area contributed by atoms with Crippen LogP contribution in [0, 0.1) is 5.92 Å². The average molecular weight is 359 g/mol. The summed E-state index contributed by atoms with van der Waals surface area (Å²) >= 11 is 0. The summed E-state index contributed by atoms with van der Waals surface area (Å²) in [5.74, 6) is 0.608. The smallest absolute Gasteiger partial charge is 0.310 e. The number of methoxy groups -OCH3 is 1. The number of hydrogen-bond acceptors (Lipinski definition) is 5. The van der Waals surface area contributed by atoms with Crippen LogP contribution in [0.5, 0.6) is 0 Å². The molecule has 0 saturated heterocycles. The van der Waals surface area contributed by atoms with E-state index >= 15 is 0 Å². The van der Waals surface area contributed by atoms with Gasteiger partial charge in [0.1, 0.15) is 18.8 Å². The van der Waals surface area contributed by atoms with Crippen molar-refractivity contribution in [1.29, 1.82) is 0 Å². The first-order valence-corrected chi connectivity index (χ1v) is 9.52. The maximum atomic E-state index is 12.3. The Morgan fingerprint density at radius 2 is 2.19 bits per heavy atom. The minimum absolute atomic E-state index is 0.0351. The molecule has 1 heterocycles. The van der Waals surface area contributed by atoms with Crippen molar-refractivity contribution >= 4 is 5.97 Å². The third-order valence-electron chi connectivity index (χ3n) is 5.65. The van der Waals surface area contributed by atoms with Gasteiger partial charge in [-0.2, -0.15) is 0 Å². The second-order valence-corrected chi connectivity index (χ2v) is 7.20. The summed E-state index contributed by atoms with van der Waals surface area (Å²) in [6, 6.07) is 0.185. The quantitative estimate of drug-likeness (QED) is 0.670.